The maximum absolute atomic E-state index is 14.5. The van der Waals surface area contributed by atoms with Crippen LogP contribution in [0.4, 0.5) is 13.2 Å². The number of likely N-dealkylation sites (tertiary alicyclic amines) is 2. The van der Waals surface area contributed by atoms with Crippen molar-refractivity contribution in [2.24, 2.45) is 23.3 Å². The van der Waals surface area contributed by atoms with Crippen LogP contribution in [0.15, 0.2) is 12.1 Å². The van der Waals surface area contributed by atoms with E-state index in [2.05, 4.69) is 5.32 Å². The Hall–Kier alpha value is -3.15. The van der Waals surface area contributed by atoms with Gasteiger partial charge in [0.15, 0.2) is 11.6 Å². The van der Waals surface area contributed by atoms with E-state index in [1.807, 2.05) is 0 Å². The van der Waals surface area contributed by atoms with Gasteiger partial charge in [0.05, 0.1) is 6.04 Å². The Kier molecular flexibility index (Phi) is 8.01. The van der Waals surface area contributed by atoms with Crippen molar-refractivity contribution in [2.45, 2.75) is 82.6 Å². The molecule has 0 radical (unpaired) electrons. The van der Waals surface area contributed by atoms with E-state index in [0.717, 1.165) is 6.42 Å². The lowest BCUT2D eigenvalue weighted by molar-refractivity contribution is -0.141. The molecule has 12 heteroatoms. The van der Waals surface area contributed by atoms with Gasteiger partial charge in [0.1, 0.15) is 17.9 Å². The normalized spacial score (nSPS) is 25.8. The number of hydrogen-bond donors (Lipinski definition) is 3. The van der Waals surface area contributed by atoms with Gasteiger partial charge in [-0.15, -0.1) is 0 Å². The molecular weight excluding hydrogens is 503 g/mol. The highest BCUT2D eigenvalue weighted by Gasteiger charge is 2.55. The van der Waals surface area contributed by atoms with Gasteiger partial charge in [-0.1, -0.05) is 13.8 Å². The Balaban J connectivity index is 1.54. The summed E-state index contributed by atoms with van der Waals surface area (Å²) in [5.41, 5.74) is 11.3. The second-order valence-electron chi connectivity index (χ2n) is 10.9. The van der Waals surface area contributed by atoms with Crippen LogP contribution in [0.5, 0.6) is 0 Å². The van der Waals surface area contributed by atoms with Crippen molar-refractivity contribution in [2.75, 3.05) is 6.54 Å². The smallest absolute Gasteiger partial charge is 0.243 e. The predicted molar refractivity (Wildman–Crippen MR) is 130 cm³/mol. The van der Waals surface area contributed by atoms with Gasteiger partial charge >= 0.3 is 0 Å². The second-order valence-corrected chi connectivity index (χ2v) is 10.9. The summed E-state index contributed by atoms with van der Waals surface area (Å²) in [5, 5.41) is 2.73. The number of fused-ring (bicyclic) bond motifs is 1. The number of rotatable bonds is 9. The number of carbonyl (C=O) groups is 4. The first kappa shape index (κ1) is 27.9. The lowest BCUT2D eigenvalue weighted by Crippen LogP contribution is -2.55. The zero-order chi connectivity index (χ0) is 27.9. The highest BCUT2D eigenvalue weighted by molar-refractivity contribution is 5.91. The van der Waals surface area contributed by atoms with Crippen LogP contribution < -0.4 is 16.8 Å². The molecule has 38 heavy (non-hydrogen) atoms. The number of amides is 4. The fourth-order valence-corrected chi connectivity index (χ4v) is 5.62. The third-order valence-corrected chi connectivity index (χ3v) is 7.89. The van der Waals surface area contributed by atoms with Crippen molar-refractivity contribution < 1.29 is 32.3 Å². The molecule has 0 spiro atoms. The number of nitrogens with one attached hydrogen (secondary N) is 1. The van der Waals surface area contributed by atoms with E-state index >= 15 is 0 Å². The molecule has 5 unspecified atom stereocenters. The van der Waals surface area contributed by atoms with E-state index in [0.29, 0.717) is 37.9 Å². The Morgan fingerprint density at radius 1 is 1.05 bits per heavy atom. The van der Waals surface area contributed by atoms with E-state index in [1.54, 1.807) is 13.8 Å². The Morgan fingerprint density at radius 2 is 1.74 bits per heavy atom. The van der Waals surface area contributed by atoms with Crippen LogP contribution in [0.3, 0.4) is 0 Å². The molecule has 2 aliphatic heterocycles. The molecule has 5 N–H and O–H groups in total. The van der Waals surface area contributed by atoms with Gasteiger partial charge in [0.25, 0.3) is 0 Å². The summed E-state index contributed by atoms with van der Waals surface area (Å²) in [6, 6.07) is -2.41. The molecule has 3 fully saturated rings. The molecule has 208 valence electrons. The lowest BCUT2D eigenvalue weighted by Gasteiger charge is -2.31. The third kappa shape index (κ3) is 5.64. The fraction of sp³-hybridized carbons (Fsp3) is 0.615. The van der Waals surface area contributed by atoms with Crippen LogP contribution in [-0.2, 0) is 25.6 Å². The SMILES string of the molecule is CC(C)C(N)C(=O)N1CCCC1C(=O)N[C@@H](CC(=O)N1C(C(N)=O)CC2CC21)Cc1cc(F)c(F)cc1F. The van der Waals surface area contributed by atoms with Crippen molar-refractivity contribution in [3.63, 3.8) is 0 Å². The highest BCUT2D eigenvalue weighted by atomic mass is 19.2. The summed E-state index contributed by atoms with van der Waals surface area (Å²) in [5.74, 6) is -5.58. The molecule has 4 rings (SSSR count). The quantitative estimate of drug-likeness (QED) is 0.403. The van der Waals surface area contributed by atoms with Crippen LogP contribution in [0.1, 0.15) is 51.5 Å². The van der Waals surface area contributed by atoms with Gasteiger partial charge in [-0.05, 0) is 55.6 Å². The number of carbonyl (C=O) groups excluding carboxylic acids is 4. The number of halogens is 3. The molecule has 4 amide bonds. The van der Waals surface area contributed by atoms with Crippen molar-refractivity contribution in [1.82, 2.24) is 15.1 Å². The fourth-order valence-electron chi connectivity index (χ4n) is 5.62. The first-order valence-corrected chi connectivity index (χ1v) is 13.0. The third-order valence-electron chi connectivity index (χ3n) is 7.89. The molecule has 1 saturated carbocycles. The number of hydrogen-bond acceptors (Lipinski definition) is 5. The minimum Gasteiger partial charge on any atom is -0.368 e. The molecule has 0 bridgehead atoms. The number of piperidine rings is 1. The summed E-state index contributed by atoms with van der Waals surface area (Å²) in [7, 11) is 0. The van der Waals surface area contributed by atoms with Gasteiger partial charge < -0.3 is 26.6 Å². The second kappa shape index (κ2) is 10.9. The van der Waals surface area contributed by atoms with Crippen LogP contribution in [0, 0.1) is 29.3 Å². The first-order chi connectivity index (χ1) is 17.9. The number of nitrogens with two attached hydrogens (primary N) is 2. The van der Waals surface area contributed by atoms with Crippen LogP contribution in [-0.4, -0.2) is 70.2 Å². The van der Waals surface area contributed by atoms with Crippen LogP contribution >= 0.6 is 0 Å². The summed E-state index contributed by atoms with van der Waals surface area (Å²) < 4.78 is 41.9. The van der Waals surface area contributed by atoms with E-state index in [4.69, 9.17) is 11.5 Å². The Bertz CT molecular complexity index is 1130. The maximum Gasteiger partial charge on any atom is 0.243 e. The van der Waals surface area contributed by atoms with Gasteiger partial charge in [-0.25, -0.2) is 13.2 Å². The monoisotopic (exact) mass is 537 g/mol. The minimum absolute atomic E-state index is 0.114. The topological polar surface area (TPSA) is 139 Å². The number of benzene rings is 1. The van der Waals surface area contributed by atoms with Crippen molar-refractivity contribution in [3.05, 3.63) is 35.1 Å². The highest BCUT2D eigenvalue weighted by Crippen LogP contribution is 2.48. The van der Waals surface area contributed by atoms with Gasteiger partial charge in [-0.3, -0.25) is 19.2 Å². The predicted octanol–water partition coefficient (Wildman–Crippen LogP) is 0.970. The van der Waals surface area contributed by atoms with Crippen molar-refractivity contribution in [3.8, 4) is 0 Å². The average Bonchev–Trinajstić information content (AvgIpc) is 3.26. The van der Waals surface area contributed by atoms with Crippen LogP contribution in [0.2, 0.25) is 0 Å². The molecular formula is C26H34F3N5O4. The Morgan fingerprint density at radius 3 is 2.39 bits per heavy atom. The molecule has 9 nitrogen and oxygen atoms in total. The van der Waals surface area contributed by atoms with E-state index < -0.39 is 59.3 Å². The number of nitrogens with zero attached hydrogens (tertiary/aromatic N) is 2. The molecule has 6 atom stereocenters. The van der Waals surface area contributed by atoms with Crippen molar-refractivity contribution in [1.29, 1.82) is 0 Å². The summed E-state index contributed by atoms with van der Waals surface area (Å²) >= 11 is 0. The first-order valence-electron chi connectivity index (χ1n) is 13.0. The molecule has 1 aromatic carbocycles. The molecule has 1 aromatic rings. The zero-order valence-corrected chi connectivity index (χ0v) is 21.5. The summed E-state index contributed by atoms with van der Waals surface area (Å²) in [6.07, 6.45) is 1.55. The summed E-state index contributed by atoms with van der Waals surface area (Å²) in [4.78, 5) is 54.3. The molecule has 3 aliphatic rings. The largest absolute Gasteiger partial charge is 0.368 e. The molecule has 1 aliphatic carbocycles. The van der Waals surface area contributed by atoms with E-state index in [1.165, 1.54) is 9.80 Å². The zero-order valence-electron chi connectivity index (χ0n) is 21.5. The lowest BCUT2D eigenvalue weighted by atomic mass is 10.00. The molecule has 2 saturated heterocycles. The maximum atomic E-state index is 14.5. The molecule has 0 aromatic heterocycles. The number of primary amides is 1. The summed E-state index contributed by atoms with van der Waals surface area (Å²) in [6.45, 7) is 3.94. The standard InChI is InChI=1S/C26H34F3N5O4/c1-12(2)23(30)26(38)33-5-3-4-19(33)25(37)32-15(6-13-7-17(28)18(29)11-16(13)27)10-22(35)34-20-8-14(20)9-21(34)24(31)36/h7,11-12,14-15,19-21,23H,3-6,8-10,30H2,1-2H3,(H2,31,36)(H,32,37)/t14?,15-,19?,20?,21?,23?/m1/s1. The van der Waals surface area contributed by atoms with Gasteiger partial charge in [0.2, 0.25) is 23.6 Å². The minimum atomic E-state index is -1.36. The average molecular weight is 538 g/mol. The molecule has 2 heterocycles. The Labute approximate surface area is 219 Å². The van der Waals surface area contributed by atoms with Crippen molar-refractivity contribution >= 4 is 23.6 Å². The van der Waals surface area contributed by atoms with Gasteiger partial charge in [-0.2, -0.15) is 0 Å². The van der Waals surface area contributed by atoms with Gasteiger partial charge in [0, 0.05) is 31.1 Å². The van der Waals surface area contributed by atoms with E-state index in [9.17, 15) is 32.3 Å². The van der Waals surface area contributed by atoms with E-state index in [-0.39, 0.29) is 42.2 Å². The van der Waals surface area contributed by atoms with Crippen LogP contribution in [0.25, 0.3) is 0 Å².